The minimum absolute atomic E-state index is 0.297. The van der Waals surface area contributed by atoms with E-state index >= 15 is 0 Å². The maximum atomic E-state index is 11.2. The van der Waals surface area contributed by atoms with Gasteiger partial charge in [0.25, 0.3) is 0 Å². The van der Waals surface area contributed by atoms with Gasteiger partial charge in [-0.1, -0.05) is 6.07 Å². The third-order valence-corrected chi connectivity index (χ3v) is 2.24. The van der Waals surface area contributed by atoms with Gasteiger partial charge in [0, 0.05) is 43.4 Å². The fourth-order valence-electron chi connectivity index (χ4n) is 1.54. The van der Waals surface area contributed by atoms with E-state index in [-0.39, 0.29) is 0 Å². The number of pyridine rings is 1. The number of aromatic nitrogens is 1. The van der Waals surface area contributed by atoms with Gasteiger partial charge in [-0.2, -0.15) is 0 Å². The quantitative estimate of drug-likeness (QED) is 0.704. The smallest absolute Gasteiger partial charge is 0.140 e. The Morgan fingerprint density at radius 1 is 1.36 bits per heavy atom. The van der Waals surface area contributed by atoms with Crippen LogP contribution in [-0.4, -0.2) is 23.0 Å². The summed E-state index contributed by atoms with van der Waals surface area (Å²) in [4.78, 5) is 19.7. The van der Waals surface area contributed by atoms with Crippen LogP contribution in [0.3, 0.4) is 0 Å². The summed E-state index contributed by atoms with van der Waals surface area (Å²) < 4.78 is 0. The Labute approximate surface area is 82.9 Å². The third-order valence-electron chi connectivity index (χ3n) is 2.24. The first-order chi connectivity index (χ1) is 6.84. The number of carbonyl (C=O) groups excluding carboxylic acids is 1. The standard InChI is InChI=1S/C11H12N2O/c14-11-4-6-13-10(8-11)7-9-3-1-2-5-12-9/h1-3,5H,4,6-8H2. The van der Waals surface area contributed by atoms with E-state index in [4.69, 9.17) is 0 Å². The highest BCUT2D eigenvalue weighted by Crippen LogP contribution is 2.06. The number of Topliss-reactive ketones (excluding diaryl/α,β-unsaturated/α-hetero) is 1. The number of ketones is 1. The molecule has 14 heavy (non-hydrogen) atoms. The van der Waals surface area contributed by atoms with Gasteiger partial charge in [0.2, 0.25) is 0 Å². The Bertz CT molecular complexity index is 357. The molecular formula is C11H12N2O. The zero-order chi connectivity index (χ0) is 9.80. The molecule has 0 fully saturated rings. The van der Waals surface area contributed by atoms with Gasteiger partial charge in [-0.15, -0.1) is 0 Å². The first-order valence-corrected chi connectivity index (χ1v) is 4.78. The average Bonchev–Trinajstić information content (AvgIpc) is 2.19. The third kappa shape index (κ3) is 2.25. The van der Waals surface area contributed by atoms with Crippen LogP contribution < -0.4 is 0 Å². The molecule has 1 aromatic rings. The van der Waals surface area contributed by atoms with Crippen LogP contribution in [0.15, 0.2) is 29.4 Å². The lowest BCUT2D eigenvalue weighted by molar-refractivity contribution is -0.118. The summed E-state index contributed by atoms with van der Waals surface area (Å²) >= 11 is 0. The summed E-state index contributed by atoms with van der Waals surface area (Å²) in [6, 6.07) is 5.80. The predicted molar refractivity (Wildman–Crippen MR) is 54.5 cm³/mol. The van der Waals surface area contributed by atoms with E-state index in [2.05, 4.69) is 9.98 Å². The molecule has 1 aliphatic heterocycles. The summed E-state index contributed by atoms with van der Waals surface area (Å²) in [7, 11) is 0. The second-order valence-corrected chi connectivity index (χ2v) is 3.41. The van der Waals surface area contributed by atoms with E-state index in [1.807, 2.05) is 18.2 Å². The molecule has 1 aromatic heterocycles. The summed E-state index contributed by atoms with van der Waals surface area (Å²) in [5.41, 5.74) is 1.96. The molecule has 72 valence electrons. The minimum atomic E-state index is 0.297. The molecule has 3 heteroatoms. The maximum absolute atomic E-state index is 11.2. The molecule has 0 spiro atoms. The lowest BCUT2D eigenvalue weighted by atomic mass is 10.0. The molecule has 0 N–H and O–H groups in total. The molecule has 0 saturated heterocycles. The molecule has 3 nitrogen and oxygen atoms in total. The number of nitrogens with zero attached hydrogens (tertiary/aromatic N) is 2. The summed E-state index contributed by atoms with van der Waals surface area (Å²) in [5.74, 6) is 0.297. The molecule has 0 atom stereocenters. The average molecular weight is 188 g/mol. The fourth-order valence-corrected chi connectivity index (χ4v) is 1.54. The molecule has 0 saturated carbocycles. The van der Waals surface area contributed by atoms with E-state index in [0.29, 0.717) is 31.6 Å². The van der Waals surface area contributed by atoms with Crippen LogP contribution in [0, 0.1) is 0 Å². The molecule has 0 unspecified atom stereocenters. The molecule has 0 amide bonds. The Morgan fingerprint density at radius 2 is 2.29 bits per heavy atom. The van der Waals surface area contributed by atoms with Crippen molar-refractivity contribution in [1.82, 2.24) is 4.98 Å². The second-order valence-electron chi connectivity index (χ2n) is 3.41. The van der Waals surface area contributed by atoms with Gasteiger partial charge in [0.05, 0.1) is 0 Å². The van der Waals surface area contributed by atoms with Crippen molar-refractivity contribution in [2.24, 2.45) is 4.99 Å². The summed E-state index contributed by atoms with van der Waals surface area (Å²) in [6.07, 6.45) is 3.59. The Balaban J connectivity index is 2.05. The van der Waals surface area contributed by atoms with Gasteiger partial charge in [-0.25, -0.2) is 0 Å². The molecule has 2 rings (SSSR count). The first-order valence-electron chi connectivity index (χ1n) is 4.78. The molecule has 1 aliphatic rings. The SMILES string of the molecule is O=C1CCN=C(Cc2ccccn2)C1. The van der Waals surface area contributed by atoms with Crippen molar-refractivity contribution in [3.63, 3.8) is 0 Å². The number of hydrogen-bond acceptors (Lipinski definition) is 3. The van der Waals surface area contributed by atoms with Crippen molar-refractivity contribution >= 4 is 11.5 Å². The Kier molecular flexibility index (Phi) is 2.68. The van der Waals surface area contributed by atoms with Crippen LogP contribution in [0.2, 0.25) is 0 Å². The molecule has 0 bridgehead atoms. The number of aliphatic imine (C=N–C) groups is 1. The Hall–Kier alpha value is -1.51. The summed E-state index contributed by atoms with van der Waals surface area (Å²) in [5, 5.41) is 0. The highest BCUT2D eigenvalue weighted by Gasteiger charge is 2.13. The number of hydrogen-bond donors (Lipinski definition) is 0. The van der Waals surface area contributed by atoms with Gasteiger partial charge in [0.1, 0.15) is 5.78 Å². The van der Waals surface area contributed by atoms with Gasteiger partial charge in [0.15, 0.2) is 0 Å². The van der Waals surface area contributed by atoms with E-state index in [0.717, 1.165) is 11.4 Å². The topological polar surface area (TPSA) is 42.3 Å². The molecule has 0 aromatic carbocycles. The van der Waals surface area contributed by atoms with E-state index < -0.39 is 0 Å². The molecular weight excluding hydrogens is 176 g/mol. The monoisotopic (exact) mass is 188 g/mol. The van der Waals surface area contributed by atoms with Crippen LogP contribution >= 0.6 is 0 Å². The normalized spacial score (nSPS) is 16.6. The van der Waals surface area contributed by atoms with Gasteiger partial charge < -0.3 is 0 Å². The van der Waals surface area contributed by atoms with Crippen LogP contribution in [0.1, 0.15) is 18.5 Å². The van der Waals surface area contributed by atoms with Gasteiger partial charge in [-0.05, 0) is 12.1 Å². The van der Waals surface area contributed by atoms with E-state index in [1.54, 1.807) is 6.20 Å². The minimum Gasteiger partial charge on any atom is -0.299 e. The van der Waals surface area contributed by atoms with Crippen LogP contribution in [-0.2, 0) is 11.2 Å². The zero-order valence-corrected chi connectivity index (χ0v) is 7.94. The van der Waals surface area contributed by atoms with Crippen LogP contribution in [0.5, 0.6) is 0 Å². The molecule has 2 heterocycles. The largest absolute Gasteiger partial charge is 0.299 e. The molecule has 0 aliphatic carbocycles. The van der Waals surface area contributed by atoms with Gasteiger partial charge in [-0.3, -0.25) is 14.8 Å². The maximum Gasteiger partial charge on any atom is 0.140 e. The predicted octanol–water partition coefficient (Wildman–Crippen LogP) is 1.43. The number of carbonyl (C=O) groups is 1. The number of rotatable bonds is 2. The lowest BCUT2D eigenvalue weighted by Gasteiger charge is -2.10. The fraction of sp³-hybridized carbons (Fsp3) is 0.364. The first kappa shape index (κ1) is 9.06. The van der Waals surface area contributed by atoms with Crippen molar-refractivity contribution in [2.75, 3.05) is 6.54 Å². The Morgan fingerprint density at radius 3 is 3.00 bits per heavy atom. The van der Waals surface area contributed by atoms with Crippen molar-refractivity contribution in [1.29, 1.82) is 0 Å². The van der Waals surface area contributed by atoms with Crippen LogP contribution in [0.4, 0.5) is 0 Å². The molecule has 0 radical (unpaired) electrons. The van der Waals surface area contributed by atoms with Gasteiger partial charge >= 0.3 is 0 Å². The highest BCUT2D eigenvalue weighted by molar-refractivity contribution is 6.04. The van der Waals surface area contributed by atoms with E-state index in [1.165, 1.54) is 0 Å². The van der Waals surface area contributed by atoms with Crippen molar-refractivity contribution < 1.29 is 4.79 Å². The lowest BCUT2D eigenvalue weighted by Crippen LogP contribution is -2.17. The van der Waals surface area contributed by atoms with Crippen molar-refractivity contribution in [3.8, 4) is 0 Å². The van der Waals surface area contributed by atoms with Crippen molar-refractivity contribution in [2.45, 2.75) is 19.3 Å². The second kappa shape index (κ2) is 4.13. The summed E-state index contributed by atoms with van der Waals surface area (Å²) in [6.45, 7) is 0.654. The van der Waals surface area contributed by atoms with E-state index in [9.17, 15) is 4.79 Å². The van der Waals surface area contributed by atoms with Crippen molar-refractivity contribution in [3.05, 3.63) is 30.1 Å². The highest BCUT2D eigenvalue weighted by atomic mass is 16.1. The zero-order valence-electron chi connectivity index (χ0n) is 7.94. The van der Waals surface area contributed by atoms with Crippen LogP contribution in [0.25, 0.3) is 0 Å².